The Kier molecular flexibility index (Phi) is 13.8. The zero-order chi connectivity index (χ0) is 12.9. The molecule has 0 atom stereocenters. The van der Waals surface area contributed by atoms with E-state index in [4.69, 9.17) is 10.2 Å². The summed E-state index contributed by atoms with van der Waals surface area (Å²) in [5, 5.41) is 5.40. The van der Waals surface area contributed by atoms with Crippen LogP contribution in [0.25, 0.3) is 0 Å². The SMILES string of the molecule is CCCCCCCCCC(C)(C)C.N=C=O. The standard InChI is InChI=1S/C13H28.CHNO/c1-5-6-7-8-9-10-11-12-13(2,3)4;2-1-3/h5-12H2,1-4H3;2H. The van der Waals surface area contributed by atoms with E-state index in [1.807, 2.05) is 0 Å². The zero-order valence-corrected chi connectivity index (χ0v) is 11.6. The van der Waals surface area contributed by atoms with Crippen molar-refractivity contribution in [1.29, 1.82) is 5.41 Å². The predicted octanol–water partition coefficient (Wildman–Crippen LogP) is 5.07. The summed E-state index contributed by atoms with van der Waals surface area (Å²) in [5.41, 5.74) is 0.545. The number of hydrogen-bond acceptors (Lipinski definition) is 2. The second-order valence-corrected chi connectivity index (χ2v) is 5.53. The lowest BCUT2D eigenvalue weighted by atomic mass is 9.89. The van der Waals surface area contributed by atoms with Crippen LogP contribution >= 0.6 is 0 Å². The highest BCUT2D eigenvalue weighted by Crippen LogP contribution is 2.22. The average Bonchev–Trinajstić information content (AvgIpc) is 2.16. The van der Waals surface area contributed by atoms with Crippen LogP contribution in [0.1, 0.15) is 79.1 Å². The molecule has 0 aliphatic heterocycles. The molecule has 0 aliphatic carbocycles. The summed E-state index contributed by atoms with van der Waals surface area (Å²) in [4.78, 5) is 8.35. The van der Waals surface area contributed by atoms with Gasteiger partial charge in [-0.05, 0) is 11.8 Å². The van der Waals surface area contributed by atoms with Crippen LogP contribution < -0.4 is 0 Å². The molecule has 96 valence electrons. The first-order valence-corrected chi connectivity index (χ1v) is 6.51. The van der Waals surface area contributed by atoms with Gasteiger partial charge in [-0.2, -0.15) is 0 Å². The summed E-state index contributed by atoms with van der Waals surface area (Å²) in [7, 11) is 0. The maximum atomic E-state index is 8.35. The van der Waals surface area contributed by atoms with Gasteiger partial charge in [-0.3, -0.25) is 0 Å². The van der Waals surface area contributed by atoms with E-state index in [2.05, 4.69) is 27.7 Å². The average molecular weight is 227 g/mol. The summed E-state index contributed by atoms with van der Waals surface area (Å²) < 4.78 is 0. The maximum absolute atomic E-state index is 8.35. The van der Waals surface area contributed by atoms with Gasteiger partial charge in [0.1, 0.15) is 0 Å². The highest BCUT2D eigenvalue weighted by molar-refractivity contribution is 5.26. The minimum Gasteiger partial charge on any atom is -0.222 e. The summed E-state index contributed by atoms with van der Waals surface area (Å²) in [5.74, 6) is 0. The van der Waals surface area contributed by atoms with Gasteiger partial charge in [0.2, 0.25) is 6.08 Å². The van der Waals surface area contributed by atoms with Crippen molar-refractivity contribution in [2.75, 3.05) is 0 Å². The van der Waals surface area contributed by atoms with E-state index in [-0.39, 0.29) is 0 Å². The third kappa shape index (κ3) is 23.3. The van der Waals surface area contributed by atoms with Gasteiger partial charge < -0.3 is 0 Å². The van der Waals surface area contributed by atoms with Crippen molar-refractivity contribution >= 4 is 6.08 Å². The molecule has 0 rings (SSSR count). The fourth-order valence-corrected chi connectivity index (χ4v) is 1.61. The van der Waals surface area contributed by atoms with E-state index in [0.29, 0.717) is 5.41 Å². The molecule has 0 aromatic carbocycles. The van der Waals surface area contributed by atoms with E-state index >= 15 is 0 Å². The molecule has 0 unspecified atom stereocenters. The maximum Gasteiger partial charge on any atom is 0.231 e. The van der Waals surface area contributed by atoms with Crippen molar-refractivity contribution < 1.29 is 4.79 Å². The van der Waals surface area contributed by atoms with Crippen LogP contribution in [0.5, 0.6) is 0 Å². The Morgan fingerprint density at radius 1 is 0.938 bits per heavy atom. The van der Waals surface area contributed by atoms with Crippen molar-refractivity contribution in [2.24, 2.45) is 5.41 Å². The normalized spacial score (nSPS) is 10.2. The molecule has 1 N–H and O–H groups in total. The van der Waals surface area contributed by atoms with Crippen LogP contribution in [0.4, 0.5) is 0 Å². The lowest BCUT2D eigenvalue weighted by molar-refractivity contribution is 0.356. The molecular formula is C14H29NO. The lowest BCUT2D eigenvalue weighted by Gasteiger charge is -2.17. The first-order chi connectivity index (χ1) is 7.47. The molecule has 0 spiro atoms. The molecular weight excluding hydrogens is 198 g/mol. The first-order valence-electron chi connectivity index (χ1n) is 6.51. The molecule has 16 heavy (non-hydrogen) atoms. The molecule has 0 heterocycles. The topological polar surface area (TPSA) is 40.9 Å². The van der Waals surface area contributed by atoms with E-state index < -0.39 is 0 Å². The van der Waals surface area contributed by atoms with Crippen molar-refractivity contribution in [3.05, 3.63) is 0 Å². The minimum absolute atomic E-state index is 0.545. The van der Waals surface area contributed by atoms with Gasteiger partial charge in [0.15, 0.2) is 0 Å². The Labute approximate surface area is 101 Å². The lowest BCUT2D eigenvalue weighted by Crippen LogP contribution is -2.03. The van der Waals surface area contributed by atoms with Gasteiger partial charge in [-0.1, -0.05) is 72.6 Å². The summed E-state index contributed by atoms with van der Waals surface area (Å²) in [6, 6.07) is 0. The van der Waals surface area contributed by atoms with E-state index in [0.717, 1.165) is 6.08 Å². The quantitative estimate of drug-likeness (QED) is 0.368. The Morgan fingerprint density at radius 3 is 1.69 bits per heavy atom. The second kappa shape index (κ2) is 12.4. The molecule has 0 fully saturated rings. The Bertz CT molecular complexity index is 164. The van der Waals surface area contributed by atoms with E-state index in [9.17, 15) is 0 Å². The highest BCUT2D eigenvalue weighted by Gasteiger charge is 2.08. The molecule has 0 radical (unpaired) electrons. The molecule has 0 bridgehead atoms. The number of rotatable bonds is 7. The molecule has 0 aromatic heterocycles. The number of nitrogens with one attached hydrogen (secondary N) is 1. The van der Waals surface area contributed by atoms with Crippen molar-refractivity contribution in [1.82, 2.24) is 0 Å². The number of hydrogen-bond donors (Lipinski definition) is 1. The van der Waals surface area contributed by atoms with Crippen LogP contribution in [-0.2, 0) is 4.79 Å². The molecule has 0 saturated heterocycles. The number of carbonyl (C=O) groups excluding carboxylic acids is 1. The van der Waals surface area contributed by atoms with Gasteiger partial charge in [0.05, 0.1) is 0 Å². The van der Waals surface area contributed by atoms with Crippen LogP contribution in [0.15, 0.2) is 0 Å². The van der Waals surface area contributed by atoms with Gasteiger partial charge in [-0.15, -0.1) is 0 Å². The van der Waals surface area contributed by atoms with Gasteiger partial charge in [0.25, 0.3) is 0 Å². The van der Waals surface area contributed by atoms with Crippen LogP contribution in [0, 0.1) is 10.8 Å². The Morgan fingerprint density at radius 2 is 1.31 bits per heavy atom. The van der Waals surface area contributed by atoms with Crippen molar-refractivity contribution in [3.8, 4) is 0 Å². The van der Waals surface area contributed by atoms with E-state index in [1.165, 1.54) is 51.4 Å². The number of isocyanates is 1. The van der Waals surface area contributed by atoms with Crippen LogP contribution in [0.3, 0.4) is 0 Å². The monoisotopic (exact) mass is 227 g/mol. The summed E-state index contributed by atoms with van der Waals surface area (Å²) in [6.07, 6.45) is 12.2. The van der Waals surface area contributed by atoms with Gasteiger partial charge in [-0.25, -0.2) is 10.2 Å². The third-order valence-electron chi connectivity index (χ3n) is 2.53. The van der Waals surface area contributed by atoms with Gasteiger partial charge in [0, 0.05) is 0 Å². The largest absolute Gasteiger partial charge is 0.231 e. The Hall–Kier alpha value is -0.620. The number of unbranched alkanes of at least 4 members (excludes halogenated alkanes) is 6. The fraction of sp³-hybridized carbons (Fsp3) is 0.929. The van der Waals surface area contributed by atoms with E-state index in [1.54, 1.807) is 0 Å². The smallest absolute Gasteiger partial charge is 0.222 e. The molecule has 0 aliphatic rings. The van der Waals surface area contributed by atoms with Crippen LogP contribution in [-0.4, -0.2) is 6.08 Å². The molecule has 2 heteroatoms. The molecule has 0 aromatic rings. The third-order valence-corrected chi connectivity index (χ3v) is 2.53. The first kappa shape index (κ1) is 17.8. The molecule has 0 amide bonds. The summed E-state index contributed by atoms with van der Waals surface area (Å²) >= 11 is 0. The Balaban J connectivity index is 0. The summed E-state index contributed by atoms with van der Waals surface area (Å²) in [6.45, 7) is 9.29. The fourth-order valence-electron chi connectivity index (χ4n) is 1.61. The van der Waals surface area contributed by atoms with Crippen LogP contribution in [0.2, 0.25) is 0 Å². The zero-order valence-electron chi connectivity index (χ0n) is 11.6. The second-order valence-electron chi connectivity index (χ2n) is 5.53. The van der Waals surface area contributed by atoms with Crippen molar-refractivity contribution in [2.45, 2.75) is 79.1 Å². The van der Waals surface area contributed by atoms with Crippen molar-refractivity contribution in [3.63, 3.8) is 0 Å². The predicted molar refractivity (Wildman–Crippen MR) is 70.5 cm³/mol. The highest BCUT2D eigenvalue weighted by atomic mass is 16.1. The minimum atomic E-state index is 0.545. The molecule has 2 nitrogen and oxygen atoms in total. The van der Waals surface area contributed by atoms with Gasteiger partial charge >= 0.3 is 0 Å². The molecule has 0 saturated carbocycles.